The average Bonchev–Trinajstić information content (AvgIpc) is 3.46. The van der Waals surface area contributed by atoms with Crippen LogP contribution in [-0.4, -0.2) is 57.4 Å². The van der Waals surface area contributed by atoms with Gasteiger partial charge in [-0.2, -0.15) is 0 Å². The van der Waals surface area contributed by atoms with Crippen LogP contribution in [0.2, 0.25) is 0 Å². The van der Waals surface area contributed by atoms with Crippen molar-refractivity contribution >= 4 is 33.4 Å². The molecule has 1 aromatic carbocycles. The molecule has 2 aliphatic heterocycles. The van der Waals surface area contributed by atoms with E-state index in [4.69, 9.17) is 9.47 Å². The quantitative estimate of drug-likeness (QED) is 0.363. The van der Waals surface area contributed by atoms with E-state index in [9.17, 15) is 9.90 Å². The van der Waals surface area contributed by atoms with Crippen LogP contribution >= 0.6 is 27.3 Å². The molecule has 0 saturated heterocycles. The van der Waals surface area contributed by atoms with Crippen molar-refractivity contribution in [2.24, 2.45) is 0 Å². The zero-order valence-corrected chi connectivity index (χ0v) is 25.3. The van der Waals surface area contributed by atoms with Gasteiger partial charge in [-0.05, 0) is 86.1 Å². The molecule has 204 valence electrons. The van der Waals surface area contributed by atoms with E-state index in [-0.39, 0.29) is 12.1 Å². The number of amides is 1. The molecule has 1 amide bonds. The number of halogens is 1. The van der Waals surface area contributed by atoms with Gasteiger partial charge in [-0.25, -0.2) is 4.79 Å². The summed E-state index contributed by atoms with van der Waals surface area (Å²) in [6, 6.07) is 8.49. The average molecular weight is 603 g/mol. The molecular weight excluding hydrogens is 566 g/mol. The van der Waals surface area contributed by atoms with E-state index in [0.717, 1.165) is 56.1 Å². The Labute approximate surface area is 237 Å². The molecule has 0 spiro atoms. The zero-order valence-electron chi connectivity index (χ0n) is 22.9. The summed E-state index contributed by atoms with van der Waals surface area (Å²) in [5, 5.41) is 14.0. The lowest BCUT2D eigenvalue weighted by Gasteiger charge is -2.38. The van der Waals surface area contributed by atoms with Crippen molar-refractivity contribution in [3.05, 3.63) is 50.9 Å². The molecule has 3 aromatic rings. The fourth-order valence-corrected chi connectivity index (χ4v) is 6.87. The minimum absolute atomic E-state index is 0.0852. The molecule has 5 rings (SSSR count). The number of nitrogens with zero attached hydrogens (tertiary/aromatic N) is 3. The smallest absolute Gasteiger partial charge is 0.410 e. The first-order valence-electron chi connectivity index (χ1n) is 13.1. The van der Waals surface area contributed by atoms with Gasteiger partial charge in [-0.3, -0.25) is 4.90 Å². The molecular formula is C29H36BrN3O4S. The lowest BCUT2D eigenvalue weighted by Crippen LogP contribution is -2.46. The summed E-state index contributed by atoms with van der Waals surface area (Å²) in [6.45, 7) is 12.0. The van der Waals surface area contributed by atoms with Crippen molar-refractivity contribution in [2.45, 2.75) is 72.0 Å². The largest absolute Gasteiger partial charge is 0.496 e. The van der Waals surface area contributed by atoms with Crippen LogP contribution in [0.5, 0.6) is 5.75 Å². The standard InChI is InChI=1S/C29H36BrN3O4S/c1-17(2)32-12-11-31(28(35)37-29(3,4)5)16-20-24(23-8-7-13-38-23)25-19-15-21(30)22(36-6)14-18(19)9-10-33(25)26(20)27(32)34/h7-8,13-15,17,27,34H,9-12,16H2,1-6H3. The van der Waals surface area contributed by atoms with Gasteiger partial charge in [0.2, 0.25) is 0 Å². The molecule has 0 bridgehead atoms. The lowest BCUT2D eigenvalue weighted by molar-refractivity contribution is -0.0379. The third kappa shape index (κ3) is 4.90. The normalized spacial score (nSPS) is 17.9. The number of fused-ring (bicyclic) bond motifs is 5. The van der Waals surface area contributed by atoms with Crippen molar-refractivity contribution in [1.29, 1.82) is 0 Å². The number of carbonyl (C=O) groups excluding carboxylic acids is 1. The number of aliphatic hydroxyl groups excluding tert-OH is 1. The van der Waals surface area contributed by atoms with Gasteiger partial charge < -0.3 is 24.0 Å². The second-order valence-electron chi connectivity index (χ2n) is 11.2. The van der Waals surface area contributed by atoms with Crippen molar-refractivity contribution in [3.63, 3.8) is 0 Å². The molecule has 38 heavy (non-hydrogen) atoms. The van der Waals surface area contributed by atoms with Crippen LogP contribution in [0.4, 0.5) is 4.79 Å². The molecule has 9 heteroatoms. The third-order valence-electron chi connectivity index (χ3n) is 7.26. The minimum Gasteiger partial charge on any atom is -0.496 e. The predicted molar refractivity (Wildman–Crippen MR) is 155 cm³/mol. The molecule has 0 saturated carbocycles. The highest BCUT2D eigenvalue weighted by atomic mass is 79.9. The van der Waals surface area contributed by atoms with Gasteiger partial charge >= 0.3 is 6.09 Å². The van der Waals surface area contributed by atoms with E-state index in [1.165, 1.54) is 5.56 Å². The van der Waals surface area contributed by atoms with Gasteiger partial charge in [0.1, 0.15) is 17.6 Å². The first-order chi connectivity index (χ1) is 18.0. The third-order valence-corrected chi connectivity index (χ3v) is 8.77. The molecule has 1 N–H and O–H groups in total. The summed E-state index contributed by atoms with van der Waals surface area (Å²) in [7, 11) is 1.68. The first kappa shape index (κ1) is 27.2. The Balaban J connectivity index is 1.77. The fourth-order valence-electron chi connectivity index (χ4n) is 5.56. The summed E-state index contributed by atoms with van der Waals surface area (Å²) in [5.41, 5.74) is 5.72. The second kappa shape index (κ2) is 10.3. The van der Waals surface area contributed by atoms with Crippen molar-refractivity contribution in [3.8, 4) is 27.4 Å². The van der Waals surface area contributed by atoms with Crippen LogP contribution in [0.1, 0.15) is 57.7 Å². The highest BCUT2D eigenvalue weighted by Crippen LogP contribution is 2.49. The van der Waals surface area contributed by atoms with Gasteiger partial charge in [-0.15, -0.1) is 11.3 Å². The van der Waals surface area contributed by atoms with Crippen LogP contribution in [0.25, 0.3) is 21.7 Å². The van der Waals surface area contributed by atoms with Gasteiger partial charge in [-0.1, -0.05) is 6.07 Å². The van der Waals surface area contributed by atoms with Gasteiger partial charge in [0.15, 0.2) is 0 Å². The summed E-state index contributed by atoms with van der Waals surface area (Å²) in [4.78, 5) is 18.4. The fraction of sp³-hybridized carbons (Fsp3) is 0.483. The highest BCUT2D eigenvalue weighted by molar-refractivity contribution is 9.10. The van der Waals surface area contributed by atoms with Crippen LogP contribution in [0, 0.1) is 0 Å². The Morgan fingerprint density at radius 3 is 2.61 bits per heavy atom. The maximum atomic E-state index is 13.4. The van der Waals surface area contributed by atoms with Crippen molar-refractivity contribution in [1.82, 2.24) is 14.4 Å². The van der Waals surface area contributed by atoms with Crippen LogP contribution in [0.3, 0.4) is 0 Å². The first-order valence-corrected chi connectivity index (χ1v) is 14.7. The number of rotatable bonds is 3. The monoisotopic (exact) mass is 601 g/mol. The number of carbonyl (C=O) groups is 1. The van der Waals surface area contributed by atoms with Crippen LogP contribution < -0.4 is 4.74 Å². The van der Waals surface area contributed by atoms with Crippen molar-refractivity contribution in [2.75, 3.05) is 20.2 Å². The molecule has 0 radical (unpaired) electrons. The van der Waals surface area contributed by atoms with Crippen molar-refractivity contribution < 1.29 is 19.4 Å². The maximum absolute atomic E-state index is 13.4. The van der Waals surface area contributed by atoms with E-state index >= 15 is 0 Å². The zero-order chi connectivity index (χ0) is 27.4. The lowest BCUT2D eigenvalue weighted by atomic mass is 9.94. The van der Waals surface area contributed by atoms with E-state index < -0.39 is 11.8 Å². The number of thiophene rings is 1. The Morgan fingerprint density at radius 2 is 1.97 bits per heavy atom. The molecule has 2 aromatic heterocycles. The summed E-state index contributed by atoms with van der Waals surface area (Å²) in [5.74, 6) is 0.807. The number of aromatic nitrogens is 1. The number of methoxy groups -OCH3 is 1. The van der Waals surface area contributed by atoms with Gasteiger partial charge in [0.25, 0.3) is 0 Å². The highest BCUT2D eigenvalue weighted by Gasteiger charge is 2.38. The second-order valence-corrected chi connectivity index (χ2v) is 13.0. The molecule has 0 fully saturated rings. The topological polar surface area (TPSA) is 67.2 Å². The predicted octanol–water partition coefficient (Wildman–Crippen LogP) is 6.66. The number of benzene rings is 1. The molecule has 0 aliphatic carbocycles. The van der Waals surface area contributed by atoms with E-state index in [1.54, 1.807) is 23.3 Å². The Kier molecular flexibility index (Phi) is 7.41. The Morgan fingerprint density at radius 1 is 1.21 bits per heavy atom. The number of ether oxygens (including phenoxy) is 2. The van der Waals surface area contributed by atoms with Gasteiger partial charge in [0.05, 0.1) is 29.5 Å². The molecule has 2 aliphatic rings. The molecule has 4 heterocycles. The number of hydrogen-bond acceptors (Lipinski definition) is 6. The Bertz CT molecular complexity index is 1340. The molecule has 7 nitrogen and oxygen atoms in total. The summed E-state index contributed by atoms with van der Waals surface area (Å²) in [6.07, 6.45) is -0.305. The number of hydrogen-bond donors (Lipinski definition) is 1. The molecule has 1 unspecified atom stereocenters. The van der Waals surface area contributed by atoms with E-state index in [0.29, 0.717) is 19.6 Å². The number of aryl methyl sites for hydroxylation is 1. The van der Waals surface area contributed by atoms with Crippen LogP contribution in [-0.2, 0) is 24.2 Å². The SMILES string of the molecule is COc1cc2c(cc1Br)-c1c(-c3cccs3)c3c(n1CC2)C(O)N(C(C)C)CCN(C(=O)OC(C)(C)C)C3. The molecule has 1 atom stereocenters. The Hall–Kier alpha value is -2.33. The van der Waals surface area contributed by atoms with Crippen LogP contribution in [0.15, 0.2) is 34.1 Å². The number of aliphatic hydroxyl groups is 1. The minimum atomic E-state index is -0.790. The maximum Gasteiger partial charge on any atom is 0.410 e. The van der Waals surface area contributed by atoms with Gasteiger partial charge in [0, 0.05) is 47.2 Å². The summed E-state index contributed by atoms with van der Waals surface area (Å²) >= 11 is 5.37. The van der Waals surface area contributed by atoms with E-state index in [1.807, 2.05) is 20.8 Å². The van der Waals surface area contributed by atoms with E-state index in [2.05, 4.69) is 68.9 Å². The summed E-state index contributed by atoms with van der Waals surface area (Å²) < 4.78 is 14.6.